The van der Waals surface area contributed by atoms with E-state index in [2.05, 4.69) is 5.10 Å². The second kappa shape index (κ2) is 5.75. The van der Waals surface area contributed by atoms with Crippen LogP contribution in [0.4, 0.5) is 0 Å². The Balaban J connectivity index is 1.83. The fraction of sp³-hybridized carbons (Fsp3) is 0.500. The highest BCUT2D eigenvalue weighted by Gasteiger charge is 2.21. The Labute approximate surface area is 118 Å². The molecule has 0 bridgehead atoms. The van der Waals surface area contributed by atoms with Crippen LogP contribution in [0.2, 0.25) is 0 Å². The molecule has 20 heavy (non-hydrogen) atoms. The SMILES string of the molecule is NC(Cn1ncc2ccccc2c1=O)C1CCCCC1. The van der Waals surface area contributed by atoms with Crippen molar-refractivity contribution in [3.8, 4) is 0 Å². The normalized spacial score (nSPS) is 18.2. The summed E-state index contributed by atoms with van der Waals surface area (Å²) in [5.41, 5.74) is 6.26. The van der Waals surface area contributed by atoms with E-state index < -0.39 is 0 Å². The highest BCUT2D eigenvalue weighted by molar-refractivity contribution is 5.80. The zero-order valence-corrected chi connectivity index (χ0v) is 11.7. The van der Waals surface area contributed by atoms with E-state index >= 15 is 0 Å². The monoisotopic (exact) mass is 271 g/mol. The molecule has 1 aliphatic rings. The van der Waals surface area contributed by atoms with E-state index in [0.29, 0.717) is 12.5 Å². The number of fused-ring (bicyclic) bond motifs is 1. The lowest BCUT2D eigenvalue weighted by Gasteiger charge is -2.27. The van der Waals surface area contributed by atoms with Crippen molar-refractivity contribution in [2.75, 3.05) is 0 Å². The Morgan fingerprint density at radius 1 is 1.25 bits per heavy atom. The first-order chi connectivity index (χ1) is 9.75. The molecule has 1 atom stereocenters. The average Bonchev–Trinajstić information content (AvgIpc) is 2.51. The van der Waals surface area contributed by atoms with Crippen LogP contribution in [0.5, 0.6) is 0 Å². The van der Waals surface area contributed by atoms with Gasteiger partial charge in [-0.05, 0) is 24.8 Å². The van der Waals surface area contributed by atoms with Gasteiger partial charge in [0.25, 0.3) is 5.56 Å². The van der Waals surface area contributed by atoms with Crippen LogP contribution < -0.4 is 11.3 Å². The minimum atomic E-state index is -0.0330. The topological polar surface area (TPSA) is 60.9 Å². The van der Waals surface area contributed by atoms with Gasteiger partial charge in [-0.3, -0.25) is 4.79 Å². The van der Waals surface area contributed by atoms with Gasteiger partial charge in [-0.15, -0.1) is 0 Å². The van der Waals surface area contributed by atoms with Crippen molar-refractivity contribution >= 4 is 10.8 Å². The largest absolute Gasteiger partial charge is 0.326 e. The van der Waals surface area contributed by atoms with Crippen molar-refractivity contribution in [2.24, 2.45) is 11.7 Å². The molecular formula is C16H21N3O. The molecule has 3 rings (SSSR count). The molecule has 0 spiro atoms. The summed E-state index contributed by atoms with van der Waals surface area (Å²) in [6.07, 6.45) is 7.96. The predicted molar refractivity (Wildman–Crippen MR) is 80.6 cm³/mol. The molecule has 1 unspecified atom stereocenters. The molecule has 0 saturated heterocycles. The van der Waals surface area contributed by atoms with E-state index in [9.17, 15) is 4.79 Å². The Morgan fingerprint density at radius 3 is 2.80 bits per heavy atom. The maximum absolute atomic E-state index is 12.4. The van der Waals surface area contributed by atoms with Gasteiger partial charge in [-0.2, -0.15) is 5.10 Å². The molecule has 1 aliphatic carbocycles. The first kappa shape index (κ1) is 13.3. The van der Waals surface area contributed by atoms with Gasteiger partial charge in [-0.1, -0.05) is 37.5 Å². The summed E-state index contributed by atoms with van der Waals surface area (Å²) < 4.78 is 1.53. The van der Waals surface area contributed by atoms with Gasteiger partial charge in [0.05, 0.1) is 18.1 Å². The number of aromatic nitrogens is 2. The zero-order valence-electron chi connectivity index (χ0n) is 11.7. The van der Waals surface area contributed by atoms with Crippen LogP contribution in [-0.2, 0) is 6.54 Å². The van der Waals surface area contributed by atoms with Crippen LogP contribution in [0, 0.1) is 5.92 Å². The zero-order chi connectivity index (χ0) is 13.9. The number of benzene rings is 1. The molecule has 1 heterocycles. The molecule has 106 valence electrons. The number of hydrogen-bond donors (Lipinski definition) is 1. The van der Waals surface area contributed by atoms with Crippen LogP contribution >= 0.6 is 0 Å². The predicted octanol–water partition coefficient (Wildman–Crippen LogP) is 2.30. The Morgan fingerprint density at radius 2 is 2.00 bits per heavy atom. The fourth-order valence-corrected chi connectivity index (χ4v) is 3.17. The summed E-state index contributed by atoms with van der Waals surface area (Å²) in [5.74, 6) is 0.531. The van der Waals surface area contributed by atoms with Gasteiger partial charge in [0, 0.05) is 11.4 Å². The highest BCUT2D eigenvalue weighted by atomic mass is 16.1. The number of nitrogens with two attached hydrogens (primary N) is 1. The lowest BCUT2D eigenvalue weighted by molar-refractivity contribution is 0.277. The Kier molecular flexibility index (Phi) is 3.83. The van der Waals surface area contributed by atoms with Crippen molar-refractivity contribution in [1.29, 1.82) is 0 Å². The standard InChI is InChI=1S/C16H21N3O/c17-15(12-6-2-1-3-7-12)11-19-16(20)14-9-5-4-8-13(14)10-18-19/h4-5,8-10,12,15H,1-3,6-7,11,17H2. The molecule has 0 radical (unpaired) electrons. The second-order valence-corrected chi connectivity index (χ2v) is 5.78. The first-order valence-corrected chi connectivity index (χ1v) is 7.46. The summed E-state index contributed by atoms with van der Waals surface area (Å²) in [6, 6.07) is 7.59. The molecule has 1 aromatic heterocycles. The summed E-state index contributed by atoms with van der Waals surface area (Å²) in [4.78, 5) is 12.4. The van der Waals surface area contributed by atoms with Crippen LogP contribution in [0.1, 0.15) is 32.1 Å². The van der Waals surface area contributed by atoms with Gasteiger partial charge in [0.15, 0.2) is 0 Å². The molecule has 4 nitrogen and oxygen atoms in total. The highest BCUT2D eigenvalue weighted by Crippen LogP contribution is 2.26. The Hall–Kier alpha value is -1.68. The quantitative estimate of drug-likeness (QED) is 0.931. The van der Waals surface area contributed by atoms with Crippen molar-refractivity contribution in [3.05, 3.63) is 40.8 Å². The minimum absolute atomic E-state index is 0.0293. The van der Waals surface area contributed by atoms with Crippen molar-refractivity contribution in [2.45, 2.75) is 44.7 Å². The summed E-state index contributed by atoms with van der Waals surface area (Å²) in [6.45, 7) is 0.522. The summed E-state index contributed by atoms with van der Waals surface area (Å²) >= 11 is 0. The fourth-order valence-electron chi connectivity index (χ4n) is 3.17. The lowest BCUT2D eigenvalue weighted by atomic mass is 9.84. The minimum Gasteiger partial charge on any atom is -0.326 e. The van der Waals surface area contributed by atoms with Crippen molar-refractivity contribution in [3.63, 3.8) is 0 Å². The number of nitrogens with zero attached hydrogens (tertiary/aromatic N) is 2. The van der Waals surface area contributed by atoms with E-state index in [1.807, 2.05) is 24.3 Å². The summed E-state index contributed by atoms with van der Waals surface area (Å²) in [5, 5.41) is 5.87. The molecule has 0 amide bonds. The molecule has 1 aromatic carbocycles. The maximum Gasteiger partial charge on any atom is 0.274 e. The third-order valence-electron chi connectivity index (χ3n) is 4.40. The lowest BCUT2D eigenvalue weighted by Crippen LogP contribution is -2.39. The van der Waals surface area contributed by atoms with Crippen LogP contribution in [-0.4, -0.2) is 15.8 Å². The molecule has 0 aliphatic heterocycles. The molecule has 1 saturated carbocycles. The molecular weight excluding hydrogens is 250 g/mol. The maximum atomic E-state index is 12.4. The van der Waals surface area contributed by atoms with Crippen LogP contribution in [0.3, 0.4) is 0 Å². The van der Waals surface area contributed by atoms with E-state index in [1.54, 1.807) is 6.20 Å². The van der Waals surface area contributed by atoms with Gasteiger partial charge < -0.3 is 5.73 Å². The smallest absolute Gasteiger partial charge is 0.274 e. The van der Waals surface area contributed by atoms with Gasteiger partial charge in [0.2, 0.25) is 0 Å². The van der Waals surface area contributed by atoms with Gasteiger partial charge in [-0.25, -0.2) is 4.68 Å². The van der Waals surface area contributed by atoms with Crippen molar-refractivity contribution < 1.29 is 0 Å². The third kappa shape index (κ3) is 2.61. The average molecular weight is 271 g/mol. The van der Waals surface area contributed by atoms with Gasteiger partial charge in [0.1, 0.15) is 0 Å². The van der Waals surface area contributed by atoms with E-state index in [0.717, 1.165) is 10.8 Å². The summed E-state index contributed by atoms with van der Waals surface area (Å²) in [7, 11) is 0. The van der Waals surface area contributed by atoms with Crippen molar-refractivity contribution in [1.82, 2.24) is 9.78 Å². The number of hydrogen-bond acceptors (Lipinski definition) is 3. The van der Waals surface area contributed by atoms with E-state index in [4.69, 9.17) is 5.73 Å². The molecule has 1 fully saturated rings. The Bertz CT molecular complexity index is 643. The molecule has 4 heteroatoms. The third-order valence-corrected chi connectivity index (χ3v) is 4.40. The number of rotatable bonds is 3. The van der Waals surface area contributed by atoms with E-state index in [-0.39, 0.29) is 11.6 Å². The van der Waals surface area contributed by atoms with Gasteiger partial charge >= 0.3 is 0 Å². The van der Waals surface area contributed by atoms with Crippen LogP contribution in [0.25, 0.3) is 10.8 Å². The van der Waals surface area contributed by atoms with Crippen LogP contribution in [0.15, 0.2) is 35.3 Å². The second-order valence-electron chi connectivity index (χ2n) is 5.78. The molecule has 2 aromatic rings. The molecule has 2 N–H and O–H groups in total. The van der Waals surface area contributed by atoms with E-state index in [1.165, 1.54) is 36.8 Å². The first-order valence-electron chi connectivity index (χ1n) is 7.46.